The largest absolute Gasteiger partial charge is 0.465 e. The fraction of sp³-hybridized carbons (Fsp3) is 0.917. The topological polar surface area (TPSA) is 91.0 Å². The molecule has 3 N–H and O–H groups in total. The summed E-state index contributed by atoms with van der Waals surface area (Å²) in [5.41, 5.74) is 4.03. The lowest BCUT2D eigenvalue weighted by atomic mass is 10.1. The van der Waals surface area contributed by atoms with Crippen LogP contribution in [0.15, 0.2) is 0 Å². The van der Waals surface area contributed by atoms with E-state index in [4.69, 9.17) is 23.5 Å². The molecule has 0 bridgehead atoms. The van der Waals surface area contributed by atoms with Crippen LogP contribution < -0.4 is 5.73 Å². The minimum Gasteiger partial charge on any atom is -0.465 e. The summed E-state index contributed by atoms with van der Waals surface area (Å²) in [4.78, 5) is 8.78. The summed E-state index contributed by atoms with van der Waals surface area (Å²) in [6.45, 7) is 2.19. The zero-order valence-electron chi connectivity index (χ0n) is 12.4. The first-order valence-corrected chi connectivity index (χ1v) is 8.59. The van der Waals surface area contributed by atoms with Crippen LogP contribution >= 0.6 is 0 Å². The zero-order valence-corrected chi connectivity index (χ0v) is 13.4. The highest BCUT2D eigenvalue weighted by atomic mass is 28.4. The highest BCUT2D eigenvalue weighted by Crippen LogP contribution is 2.42. The van der Waals surface area contributed by atoms with E-state index in [-0.39, 0.29) is 5.22 Å². The molecule has 1 aliphatic heterocycles. The molecule has 0 radical (unpaired) electrons. The van der Waals surface area contributed by atoms with Crippen molar-refractivity contribution in [3.8, 4) is 0 Å². The molecule has 1 fully saturated rings. The molecule has 0 aliphatic carbocycles. The number of hydrogen-bond acceptors (Lipinski definition) is 4. The average molecular weight is 293 g/mol. The van der Waals surface area contributed by atoms with E-state index in [0.29, 0.717) is 0 Å². The number of rotatable bonds is 5. The molecule has 114 valence electrons. The molecular weight excluding hydrogens is 266 g/mol. The number of nitrogens with two attached hydrogens (primary N) is 1. The molecule has 1 saturated heterocycles. The van der Waals surface area contributed by atoms with Crippen LogP contribution in [-0.2, 0) is 13.6 Å². The summed E-state index contributed by atoms with van der Waals surface area (Å²) in [5, 5.41) is 7.07. The third-order valence-electron chi connectivity index (χ3n) is 3.73. The van der Waals surface area contributed by atoms with Crippen molar-refractivity contribution in [2.24, 2.45) is 5.73 Å². The Kier molecular flexibility index (Phi) is 8.24. The predicted octanol–water partition coefficient (Wildman–Crippen LogP) is 2.25. The minimum atomic E-state index is -2.15. The van der Waals surface area contributed by atoms with Crippen LogP contribution in [0.5, 0.6) is 0 Å². The van der Waals surface area contributed by atoms with Gasteiger partial charge in [0.1, 0.15) is 5.22 Å². The van der Waals surface area contributed by atoms with Crippen molar-refractivity contribution in [1.29, 1.82) is 0 Å². The van der Waals surface area contributed by atoms with Gasteiger partial charge in [0.25, 0.3) is 0 Å². The Labute approximate surface area is 116 Å². The first kappa shape index (κ1) is 18.4. The molecule has 0 aromatic carbocycles. The lowest BCUT2D eigenvalue weighted by molar-refractivity contribution is -0.0149. The lowest BCUT2D eigenvalue weighted by Gasteiger charge is -2.47. The molecule has 1 rings (SSSR count). The quantitative estimate of drug-likeness (QED) is 0.759. The van der Waals surface area contributed by atoms with Crippen molar-refractivity contribution in [2.75, 3.05) is 21.3 Å². The van der Waals surface area contributed by atoms with Gasteiger partial charge in [-0.25, -0.2) is 4.79 Å². The van der Waals surface area contributed by atoms with Gasteiger partial charge in [-0.2, -0.15) is 0 Å². The molecule has 1 aliphatic rings. The number of carbonyl (C=O) groups is 1. The molecule has 0 saturated carbocycles. The third-order valence-corrected chi connectivity index (χ3v) is 8.16. The normalized spacial score (nSPS) is 25.3. The minimum absolute atomic E-state index is 0.122. The van der Waals surface area contributed by atoms with Crippen molar-refractivity contribution < 1.29 is 23.5 Å². The Hall–Kier alpha value is -0.633. The van der Waals surface area contributed by atoms with Crippen molar-refractivity contribution in [1.82, 2.24) is 0 Å². The monoisotopic (exact) mass is 293 g/mol. The van der Waals surface area contributed by atoms with E-state index in [1.165, 1.54) is 12.8 Å². The van der Waals surface area contributed by atoms with Gasteiger partial charge in [-0.05, 0) is 18.9 Å². The maximum atomic E-state index is 8.78. The van der Waals surface area contributed by atoms with E-state index in [0.717, 1.165) is 25.3 Å². The Bertz CT molecular complexity index is 265. The second-order valence-corrected chi connectivity index (χ2v) is 8.39. The van der Waals surface area contributed by atoms with E-state index < -0.39 is 14.7 Å². The van der Waals surface area contributed by atoms with E-state index in [2.05, 4.69) is 12.7 Å². The smallest absolute Gasteiger partial charge is 0.402 e. The van der Waals surface area contributed by atoms with Gasteiger partial charge in [0.2, 0.25) is 0 Å². The first-order chi connectivity index (χ1) is 8.93. The van der Waals surface area contributed by atoms with Crippen molar-refractivity contribution in [3.05, 3.63) is 0 Å². The van der Waals surface area contributed by atoms with Crippen molar-refractivity contribution >= 4 is 14.7 Å². The molecule has 6 nitrogen and oxygen atoms in total. The summed E-state index contributed by atoms with van der Waals surface area (Å²) in [6.07, 6.45) is 4.37. The molecule has 1 unspecified atom stereocenters. The zero-order chi connectivity index (χ0) is 14.9. The molecule has 7 heteroatoms. The molecule has 0 aromatic heterocycles. The Morgan fingerprint density at radius 1 is 1.32 bits per heavy atom. The molecule has 0 aromatic rings. The standard InChI is InChI=1S/C11H24O3Si.CH3NO2/c1-5-8-11(12-2)9-6-7-10-15(11,13-3)14-4;2-1(3)4/h5-10H2,1-4H3;2H2,(H,3,4). The van der Waals surface area contributed by atoms with Gasteiger partial charge < -0.3 is 24.4 Å². The fourth-order valence-corrected chi connectivity index (χ4v) is 6.91. The van der Waals surface area contributed by atoms with Crippen LogP contribution in [0.1, 0.15) is 39.0 Å². The second kappa shape index (κ2) is 8.52. The van der Waals surface area contributed by atoms with Gasteiger partial charge in [0, 0.05) is 21.3 Å². The summed E-state index contributed by atoms with van der Waals surface area (Å²) >= 11 is 0. The van der Waals surface area contributed by atoms with Gasteiger partial charge in [-0.15, -0.1) is 0 Å². The molecule has 1 heterocycles. The summed E-state index contributed by atoms with van der Waals surface area (Å²) in [7, 11) is 3.22. The van der Waals surface area contributed by atoms with Crippen LogP contribution in [0, 0.1) is 0 Å². The van der Waals surface area contributed by atoms with Crippen LogP contribution in [0.2, 0.25) is 6.04 Å². The molecule has 19 heavy (non-hydrogen) atoms. The van der Waals surface area contributed by atoms with Crippen molar-refractivity contribution in [2.45, 2.75) is 50.3 Å². The first-order valence-electron chi connectivity index (χ1n) is 6.57. The van der Waals surface area contributed by atoms with E-state index in [1.54, 1.807) is 21.3 Å². The number of amides is 1. The maximum absolute atomic E-state index is 8.78. The SMILES string of the molecule is CCCC1(OC)CCCC[Si]1(OC)OC.NC(=O)O. The van der Waals surface area contributed by atoms with E-state index in [9.17, 15) is 0 Å². The average Bonchev–Trinajstić information content (AvgIpc) is 2.39. The molecule has 1 atom stereocenters. The van der Waals surface area contributed by atoms with Crippen LogP contribution in [0.3, 0.4) is 0 Å². The third kappa shape index (κ3) is 4.45. The van der Waals surface area contributed by atoms with Gasteiger partial charge in [-0.1, -0.05) is 26.2 Å². The van der Waals surface area contributed by atoms with Crippen LogP contribution in [0.4, 0.5) is 4.79 Å². The Balaban J connectivity index is 0.000000711. The van der Waals surface area contributed by atoms with Gasteiger partial charge >= 0.3 is 14.7 Å². The highest BCUT2D eigenvalue weighted by Gasteiger charge is 2.58. The molecule has 0 spiro atoms. The number of carboxylic acid groups (broad SMARTS) is 1. The maximum Gasteiger partial charge on any atom is 0.402 e. The summed E-state index contributed by atoms with van der Waals surface area (Å²) in [5.74, 6) is 0. The number of methoxy groups -OCH3 is 1. The van der Waals surface area contributed by atoms with Crippen molar-refractivity contribution in [3.63, 3.8) is 0 Å². The fourth-order valence-electron chi connectivity index (χ4n) is 2.92. The van der Waals surface area contributed by atoms with E-state index in [1.807, 2.05) is 0 Å². The number of primary amides is 1. The highest BCUT2D eigenvalue weighted by molar-refractivity contribution is 6.70. The summed E-state index contributed by atoms with van der Waals surface area (Å²) < 4.78 is 17.4. The Morgan fingerprint density at radius 3 is 2.21 bits per heavy atom. The Morgan fingerprint density at radius 2 is 1.84 bits per heavy atom. The van der Waals surface area contributed by atoms with Gasteiger partial charge in [0.05, 0.1) is 0 Å². The van der Waals surface area contributed by atoms with Gasteiger partial charge in [0.15, 0.2) is 0 Å². The van der Waals surface area contributed by atoms with Crippen LogP contribution in [-0.4, -0.2) is 46.3 Å². The molecular formula is C12H27NO5Si. The van der Waals surface area contributed by atoms with Crippen LogP contribution in [0.25, 0.3) is 0 Å². The van der Waals surface area contributed by atoms with Gasteiger partial charge in [-0.3, -0.25) is 0 Å². The van der Waals surface area contributed by atoms with E-state index >= 15 is 0 Å². The summed E-state index contributed by atoms with van der Waals surface area (Å²) in [6, 6.07) is 1.06. The number of hydrogen-bond donors (Lipinski definition) is 2. The lowest BCUT2D eigenvalue weighted by Crippen LogP contribution is -2.64. The second-order valence-electron chi connectivity index (χ2n) is 4.65. The number of ether oxygens (including phenoxy) is 1. The molecule has 1 amide bonds. The predicted molar refractivity (Wildman–Crippen MR) is 75.3 cm³/mol.